The second-order valence-electron chi connectivity index (χ2n) is 11.5. The average molecular weight is 593 g/mol. The molecule has 1 saturated carbocycles. The number of aromatic hydroxyl groups is 1. The lowest BCUT2D eigenvalue weighted by atomic mass is 9.68. The molecule has 0 unspecified atom stereocenters. The summed E-state index contributed by atoms with van der Waals surface area (Å²) in [5.74, 6) is -3.01. The summed E-state index contributed by atoms with van der Waals surface area (Å²) in [5, 5.41) is 16.4. The second-order valence-corrected chi connectivity index (χ2v) is 11.5. The molecule has 13 heteroatoms. The summed E-state index contributed by atoms with van der Waals surface area (Å²) < 4.78 is 21.0. The predicted molar refractivity (Wildman–Crippen MR) is 152 cm³/mol. The van der Waals surface area contributed by atoms with Crippen molar-refractivity contribution in [2.24, 2.45) is 5.41 Å². The van der Waals surface area contributed by atoms with Gasteiger partial charge in [-0.2, -0.15) is 0 Å². The second kappa shape index (κ2) is 11.5. The molecule has 3 amide bonds. The number of likely N-dealkylation sites (N-methyl/N-ethyl adjacent to an activating group) is 1. The maximum atomic E-state index is 13.7. The van der Waals surface area contributed by atoms with Crippen molar-refractivity contribution in [2.75, 3.05) is 20.7 Å². The van der Waals surface area contributed by atoms with Crippen LogP contribution in [0.4, 0.5) is 4.39 Å². The van der Waals surface area contributed by atoms with Crippen molar-refractivity contribution in [3.63, 3.8) is 0 Å². The number of nitrogens with one attached hydrogen (secondary N) is 2. The number of rotatable bonds is 7. The SMILES string of the molecule is Cc1cc(CNC(=O)c2nc3n(c(=O)c2O)CC2(COc4ccncc4)CCC3(NC(=O)C(=O)N(C)C)CC2)ccc1F. The third-order valence-electron chi connectivity index (χ3n) is 8.27. The number of aryl methyl sites for hydroxylation is 1. The topological polar surface area (TPSA) is 156 Å². The van der Waals surface area contributed by atoms with Crippen molar-refractivity contribution in [1.82, 2.24) is 30.1 Å². The molecule has 3 aromatic rings. The van der Waals surface area contributed by atoms with Crippen LogP contribution in [0.5, 0.6) is 11.5 Å². The molecule has 3 aliphatic rings. The number of amides is 3. The Morgan fingerprint density at radius 1 is 1.12 bits per heavy atom. The van der Waals surface area contributed by atoms with Crippen LogP contribution in [0.2, 0.25) is 0 Å². The van der Waals surface area contributed by atoms with Gasteiger partial charge in [-0.1, -0.05) is 12.1 Å². The van der Waals surface area contributed by atoms with Gasteiger partial charge in [-0.3, -0.25) is 28.7 Å². The fraction of sp³-hybridized carbons (Fsp3) is 0.400. The number of hydrogen-bond donors (Lipinski definition) is 3. The molecule has 1 aromatic carbocycles. The Labute approximate surface area is 246 Å². The van der Waals surface area contributed by atoms with Gasteiger partial charge in [-0.25, -0.2) is 9.37 Å². The monoisotopic (exact) mass is 592 g/mol. The van der Waals surface area contributed by atoms with E-state index in [1.807, 2.05) is 0 Å². The van der Waals surface area contributed by atoms with E-state index in [4.69, 9.17) is 4.74 Å². The molecule has 6 rings (SSSR count). The summed E-state index contributed by atoms with van der Waals surface area (Å²) in [6, 6.07) is 7.82. The van der Waals surface area contributed by atoms with Gasteiger partial charge in [-0.15, -0.1) is 0 Å². The third kappa shape index (κ3) is 5.79. The molecule has 2 aromatic heterocycles. The smallest absolute Gasteiger partial charge is 0.311 e. The molecule has 0 spiro atoms. The molecule has 1 fully saturated rings. The molecule has 43 heavy (non-hydrogen) atoms. The minimum atomic E-state index is -1.25. The first-order valence-electron chi connectivity index (χ1n) is 13.9. The van der Waals surface area contributed by atoms with Crippen molar-refractivity contribution < 1.29 is 28.6 Å². The summed E-state index contributed by atoms with van der Waals surface area (Å²) in [4.78, 5) is 62.1. The molecule has 226 valence electrons. The van der Waals surface area contributed by atoms with Gasteiger partial charge in [0.25, 0.3) is 11.5 Å². The zero-order valence-corrected chi connectivity index (χ0v) is 24.1. The Bertz CT molecular complexity index is 1630. The number of carbonyl (C=O) groups excluding carboxylic acids is 3. The molecular weight excluding hydrogens is 559 g/mol. The highest BCUT2D eigenvalue weighted by Crippen LogP contribution is 2.49. The zero-order valence-electron chi connectivity index (χ0n) is 24.1. The predicted octanol–water partition coefficient (Wildman–Crippen LogP) is 1.77. The number of ether oxygens (including phenoxy) is 1. The lowest BCUT2D eigenvalue weighted by Crippen LogP contribution is -2.54. The third-order valence-corrected chi connectivity index (χ3v) is 8.27. The van der Waals surface area contributed by atoms with Crippen molar-refractivity contribution in [1.29, 1.82) is 0 Å². The van der Waals surface area contributed by atoms with E-state index in [9.17, 15) is 28.7 Å². The highest BCUT2D eigenvalue weighted by Gasteiger charge is 2.52. The van der Waals surface area contributed by atoms with Gasteiger partial charge in [-0.05, 0) is 61.9 Å². The number of pyridine rings is 1. The number of nitrogens with zero attached hydrogens (tertiary/aromatic N) is 4. The van der Waals surface area contributed by atoms with Crippen LogP contribution in [0.1, 0.15) is 53.1 Å². The van der Waals surface area contributed by atoms with E-state index in [2.05, 4.69) is 20.6 Å². The first-order valence-corrected chi connectivity index (χ1v) is 13.9. The van der Waals surface area contributed by atoms with E-state index in [0.29, 0.717) is 42.6 Å². The first kappa shape index (κ1) is 29.7. The van der Waals surface area contributed by atoms with Crippen LogP contribution in [-0.4, -0.2) is 63.0 Å². The maximum Gasteiger partial charge on any atom is 0.311 e. The van der Waals surface area contributed by atoms with Crippen LogP contribution in [0.25, 0.3) is 0 Å². The number of carbonyl (C=O) groups is 3. The molecule has 4 heterocycles. The van der Waals surface area contributed by atoms with Crippen LogP contribution >= 0.6 is 0 Å². The highest BCUT2D eigenvalue weighted by atomic mass is 19.1. The van der Waals surface area contributed by atoms with Gasteiger partial charge in [0.2, 0.25) is 5.75 Å². The Balaban J connectivity index is 1.51. The van der Waals surface area contributed by atoms with E-state index in [1.54, 1.807) is 37.5 Å². The minimum absolute atomic E-state index is 0.00579. The van der Waals surface area contributed by atoms with E-state index in [-0.39, 0.29) is 31.3 Å². The van der Waals surface area contributed by atoms with Crippen molar-refractivity contribution in [2.45, 2.75) is 51.2 Å². The Hall–Kier alpha value is -4.81. The van der Waals surface area contributed by atoms with Crippen LogP contribution in [0, 0.1) is 18.2 Å². The van der Waals surface area contributed by atoms with Crippen LogP contribution in [-0.2, 0) is 28.2 Å². The van der Waals surface area contributed by atoms with Crippen LogP contribution < -0.4 is 20.9 Å². The Morgan fingerprint density at radius 2 is 1.81 bits per heavy atom. The number of benzene rings is 1. The van der Waals surface area contributed by atoms with E-state index in [1.165, 1.54) is 30.8 Å². The van der Waals surface area contributed by atoms with Crippen LogP contribution in [0.15, 0.2) is 47.5 Å². The molecule has 0 radical (unpaired) electrons. The molecular formula is C30H33FN6O6. The summed E-state index contributed by atoms with van der Waals surface area (Å²) in [5.41, 5.74) is -2.15. The van der Waals surface area contributed by atoms with Gasteiger partial charge in [0, 0.05) is 45.0 Å². The number of fused-ring (bicyclic) bond motifs is 2. The van der Waals surface area contributed by atoms with Crippen LogP contribution in [0.3, 0.4) is 0 Å². The normalized spacial score (nSPS) is 20.5. The number of halogens is 1. The fourth-order valence-corrected chi connectivity index (χ4v) is 5.74. The number of aromatic nitrogens is 3. The first-order chi connectivity index (χ1) is 20.4. The Morgan fingerprint density at radius 3 is 2.47 bits per heavy atom. The zero-order chi connectivity index (χ0) is 30.9. The largest absolute Gasteiger partial charge is 0.501 e. The average Bonchev–Trinajstić information content (AvgIpc) is 3.21. The van der Waals surface area contributed by atoms with E-state index < -0.39 is 45.7 Å². The summed E-state index contributed by atoms with van der Waals surface area (Å²) >= 11 is 0. The summed E-state index contributed by atoms with van der Waals surface area (Å²) in [6.45, 7) is 1.94. The molecule has 0 atom stereocenters. The lowest BCUT2D eigenvalue weighted by molar-refractivity contribution is -0.145. The Kier molecular flexibility index (Phi) is 7.91. The van der Waals surface area contributed by atoms with Gasteiger partial charge in [0.1, 0.15) is 17.4 Å². The van der Waals surface area contributed by atoms with E-state index >= 15 is 0 Å². The minimum Gasteiger partial charge on any atom is -0.501 e. The van der Waals surface area contributed by atoms with Gasteiger partial charge in [0.05, 0.1) is 12.1 Å². The highest BCUT2D eigenvalue weighted by molar-refractivity contribution is 6.35. The fourth-order valence-electron chi connectivity index (χ4n) is 5.74. The maximum absolute atomic E-state index is 13.7. The molecule has 1 aliphatic carbocycles. The summed E-state index contributed by atoms with van der Waals surface area (Å²) in [7, 11) is 2.91. The van der Waals surface area contributed by atoms with Crippen molar-refractivity contribution in [3.8, 4) is 11.5 Å². The molecule has 2 bridgehead atoms. The molecule has 3 N–H and O–H groups in total. The number of hydrogen-bond acceptors (Lipinski definition) is 8. The van der Waals surface area contributed by atoms with Gasteiger partial charge < -0.3 is 25.4 Å². The lowest BCUT2D eigenvalue weighted by Gasteiger charge is -2.41. The molecule has 12 nitrogen and oxygen atoms in total. The standard InChI is InChI=1S/C30H33FN6O6/c1-18-14-19(4-5-21(18)31)15-33-24(39)22-23(38)26(41)37-16-29(17-43-20-6-12-32-13-7-20)8-10-30(11-9-29,28(37)34-22)35-25(40)27(42)36(2)3/h4-7,12-14,38H,8-11,15-17H2,1-3H3,(H,33,39)(H,35,40). The van der Waals surface area contributed by atoms with Gasteiger partial charge >= 0.3 is 11.8 Å². The van der Waals surface area contributed by atoms with Crippen molar-refractivity contribution >= 4 is 17.7 Å². The summed E-state index contributed by atoms with van der Waals surface area (Å²) in [6.07, 6.45) is 4.84. The van der Waals surface area contributed by atoms with Gasteiger partial charge in [0.15, 0.2) is 5.69 Å². The van der Waals surface area contributed by atoms with E-state index in [0.717, 1.165) is 4.90 Å². The van der Waals surface area contributed by atoms with Crippen molar-refractivity contribution in [3.05, 3.63) is 81.5 Å². The quantitative estimate of drug-likeness (QED) is 0.351. The molecule has 2 aliphatic heterocycles. The molecule has 0 saturated heterocycles.